The van der Waals surface area contributed by atoms with E-state index in [2.05, 4.69) is 35.2 Å². The van der Waals surface area contributed by atoms with Gasteiger partial charge in [-0.05, 0) is 67.3 Å². The van der Waals surface area contributed by atoms with Crippen molar-refractivity contribution in [3.63, 3.8) is 0 Å². The van der Waals surface area contributed by atoms with Gasteiger partial charge < -0.3 is 9.64 Å². The van der Waals surface area contributed by atoms with E-state index in [4.69, 9.17) is 21.3 Å². The van der Waals surface area contributed by atoms with Gasteiger partial charge in [0, 0.05) is 23.5 Å². The zero-order valence-corrected chi connectivity index (χ0v) is 16.7. The maximum atomic E-state index is 11.9. The summed E-state index contributed by atoms with van der Waals surface area (Å²) >= 11 is 5.99. The van der Waals surface area contributed by atoms with E-state index in [1.54, 1.807) is 0 Å². The molecule has 2 aromatic carbocycles. The summed E-state index contributed by atoms with van der Waals surface area (Å²) in [7, 11) is 0. The monoisotopic (exact) mass is 394 g/mol. The van der Waals surface area contributed by atoms with Gasteiger partial charge in [0.05, 0.1) is 18.0 Å². The molecule has 0 bridgehead atoms. The molecular weight excluding hydrogens is 372 g/mol. The van der Waals surface area contributed by atoms with Crippen molar-refractivity contribution in [3.05, 3.63) is 59.6 Å². The van der Waals surface area contributed by atoms with E-state index < -0.39 is 0 Å². The Bertz CT molecular complexity index is 980. The number of pyridine rings is 1. The van der Waals surface area contributed by atoms with Crippen LogP contribution in [0.2, 0.25) is 5.02 Å². The van der Waals surface area contributed by atoms with Crippen LogP contribution in [0.1, 0.15) is 19.8 Å². The molecule has 4 nitrogen and oxygen atoms in total. The Morgan fingerprint density at radius 2 is 1.79 bits per heavy atom. The van der Waals surface area contributed by atoms with E-state index >= 15 is 0 Å². The SMILES string of the molecule is CCOC(=O)C1CCN(c2ccc3cc(-c4ccc(Cl)cc4)ccc3n2)CC1. The van der Waals surface area contributed by atoms with E-state index in [0.717, 1.165) is 58.8 Å². The van der Waals surface area contributed by atoms with E-state index in [1.807, 2.05) is 31.2 Å². The fraction of sp³-hybridized carbons (Fsp3) is 0.304. The van der Waals surface area contributed by atoms with E-state index in [9.17, 15) is 4.79 Å². The highest BCUT2D eigenvalue weighted by molar-refractivity contribution is 6.30. The molecular formula is C23H23ClN2O2. The summed E-state index contributed by atoms with van der Waals surface area (Å²) < 4.78 is 5.15. The van der Waals surface area contributed by atoms with Crippen LogP contribution in [0.15, 0.2) is 54.6 Å². The number of ether oxygens (including phenoxy) is 1. The summed E-state index contributed by atoms with van der Waals surface area (Å²) in [6, 6.07) is 18.4. The molecule has 1 aromatic heterocycles. The third-order valence-electron chi connectivity index (χ3n) is 5.29. The molecule has 1 saturated heterocycles. The minimum atomic E-state index is -0.0663. The molecule has 144 valence electrons. The predicted octanol–water partition coefficient (Wildman–Crippen LogP) is 5.33. The number of benzene rings is 2. The number of hydrogen-bond acceptors (Lipinski definition) is 4. The molecule has 0 spiro atoms. The zero-order valence-electron chi connectivity index (χ0n) is 15.9. The predicted molar refractivity (Wildman–Crippen MR) is 114 cm³/mol. The number of aromatic nitrogens is 1. The first-order valence-electron chi connectivity index (χ1n) is 9.72. The summed E-state index contributed by atoms with van der Waals surface area (Å²) in [5.41, 5.74) is 3.26. The van der Waals surface area contributed by atoms with E-state index in [0.29, 0.717) is 6.61 Å². The van der Waals surface area contributed by atoms with Crippen molar-refractivity contribution in [3.8, 4) is 11.1 Å². The number of fused-ring (bicyclic) bond motifs is 1. The molecule has 0 unspecified atom stereocenters. The molecule has 1 aliphatic rings. The fourth-order valence-corrected chi connectivity index (χ4v) is 3.84. The Labute approximate surface area is 170 Å². The Balaban J connectivity index is 1.50. The Hall–Kier alpha value is -2.59. The van der Waals surface area contributed by atoms with Crippen molar-refractivity contribution in [1.82, 2.24) is 4.98 Å². The van der Waals surface area contributed by atoms with E-state index in [-0.39, 0.29) is 11.9 Å². The number of nitrogens with zero attached hydrogens (tertiary/aromatic N) is 2. The molecule has 1 fully saturated rings. The van der Waals surface area contributed by atoms with Crippen LogP contribution in [-0.4, -0.2) is 30.6 Å². The number of anilines is 1. The second-order valence-corrected chi connectivity index (χ2v) is 7.53. The van der Waals surface area contributed by atoms with Crippen LogP contribution < -0.4 is 4.90 Å². The Kier molecular flexibility index (Phi) is 5.49. The molecule has 3 aromatic rings. The molecule has 0 N–H and O–H groups in total. The molecule has 0 saturated carbocycles. The van der Waals surface area contributed by atoms with Crippen LogP contribution in [0.25, 0.3) is 22.0 Å². The lowest BCUT2D eigenvalue weighted by molar-refractivity contribution is -0.148. The summed E-state index contributed by atoms with van der Waals surface area (Å²) in [6.45, 7) is 3.95. The quantitative estimate of drug-likeness (QED) is 0.560. The number of carbonyl (C=O) groups is 1. The van der Waals surface area contributed by atoms with Gasteiger partial charge in [-0.25, -0.2) is 4.98 Å². The standard InChI is InChI=1S/C23H23ClN2O2/c1-2-28-23(27)17-11-13-26(14-12-17)22-10-6-19-15-18(5-9-21(19)25-22)16-3-7-20(24)8-4-16/h3-10,15,17H,2,11-14H2,1H3. The minimum absolute atomic E-state index is 0.0126. The number of carbonyl (C=O) groups excluding carboxylic acids is 1. The largest absolute Gasteiger partial charge is 0.466 e. The maximum Gasteiger partial charge on any atom is 0.309 e. The van der Waals surface area contributed by atoms with Crippen molar-refractivity contribution in [2.75, 3.05) is 24.6 Å². The van der Waals surface area contributed by atoms with Crippen LogP contribution >= 0.6 is 11.6 Å². The van der Waals surface area contributed by atoms with Crippen molar-refractivity contribution in [2.45, 2.75) is 19.8 Å². The van der Waals surface area contributed by atoms with Crippen molar-refractivity contribution < 1.29 is 9.53 Å². The summed E-state index contributed by atoms with van der Waals surface area (Å²) in [6.07, 6.45) is 1.63. The molecule has 0 aliphatic carbocycles. The van der Waals surface area contributed by atoms with Gasteiger partial charge in [0.2, 0.25) is 0 Å². The number of hydrogen-bond donors (Lipinski definition) is 0. The van der Waals surface area contributed by atoms with Crippen LogP contribution in [0.3, 0.4) is 0 Å². The van der Waals surface area contributed by atoms with Gasteiger partial charge in [0.15, 0.2) is 0 Å². The van der Waals surface area contributed by atoms with Crippen molar-refractivity contribution in [2.24, 2.45) is 5.92 Å². The second-order valence-electron chi connectivity index (χ2n) is 7.10. The smallest absolute Gasteiger partial charge is 0.309 e. The molecule has 0 radical (unpaired) electrons. The Morgan fingerprint density at radius 3 is 2.50 bits per heavy atom. The minimum Gasteiger partial charge on any atom is -0.466 e. The van der Waals surface area contributed by atoms with Crippen molar-refractivity contribution >= 4 is 34.3 Å². The first kappa shape index (κ1) is 18.8. The summed E-state index contributed by atoms with van der Waals surface area (Å²) in [5, 5.41) is 1.85. The normalized spacial score (nSPS) is 15.0. The summed E-state index contributed by atoms with van der Waals surface area (Å²) in [5.74, 6) is 0.913. The lowest BCUT2D eigenvalue weighted by atomic mass is 9.97. The van der Waals surface area contributed by atoms with Crippen molar-refractivity contribution in [1.29, 1.82) is 0 Å². The third-order valence-corrected chi connectivity index (χ3v) is 5.54. The third kappa shape index (κ3) is 3.97. The topological polar surface area (TPSA) is 42.4 Å². The molecule has 0 amide bonds. The first-order chi connectivity index (χ1) is 13.6. The molecule has 0 atom stereocenters. The highest BCUT2D eigenvalue weighted by Crippen LogP contribution is 2.28. The zero-order chi connectivity index (χ0) is 19.5. The lowest BCUT2D eigenvalue weighted by Gasteiger charge is -2.31. The van der Waals surface area contributed by atoms with E-state index in [1.165, 1.54) is 0 Å². The number of rotatable bonds is 4. The molecule has 2 heterocycles. The highest BCUT2D eigenvalue weighted by atomic mass is 35.5. The average molecular weight is 395 g/mol. The van der Waals surface area contributed by atoms with Crippen LogP contribution in [0.4, 0.5) is 5.82 Å². The number of piperidine rings is 1. The molecule has 5 heteroatoms. The molecule has 1 aliphatic heterocycles. The van der Waals surface area contributed by atoms with Gasteiger partial charge in [0.1, 0.15) is 5.82 Å². The second kappa shape index (κ2) is 8.19. The van der Waals surface area contributed by atoms with Gasteiger partial charge in [0.25, 0.3) is 0 Å². The van der Waals surface area contributed by atoms with Crippen LogP contribution in [0.5, 0.6) is 0 Å². The highest BCUT2D eigenvalue weighted by Gasteiger charge is 2.26. The summed E-state index contributed by atoms with van der Waals surface area (Å²) in [4.78, 5) is 19.0. The number of halogens is 1. The van der Waals surface area contributed by atoms with Gasteiger partial charge in [-0.15, -0.1) is 0 Å². The van der Waals surface area contributed by atoms with Gasteiger partial charge in [-0.2, -0.15) is 0 Å². The molecule has 4 rings (SSSR count). The average Bonchev–Trinajstić information content (AvgIpc) is 2.74. The van der Waals surface area contributed by atoms with Gasteiger partial charge in [-0.1, -0.05) is 29.8 Å². The van der Waals surface area contributed by atoms with Crippen LogP contribution in [0, 0.1) is 5.92 Å². The molecule has 28 heavy (non-hydrogen) atoms. The first-order valence-corrected chi connectivity index (χ1v) is 10.1. The Morgan fingerprint density at radius 1 is 1.07 bits per heavy atom. The van der Waals surface area contributed by atoms with Crippen LogP contribution in [-0.2, 0) is 9.53 Å². The van der Waals surface area contributed by atoms with Gasteiger partial charge >= 0.3 is 5.97 Å². The maximum absolute atomic E-state index is 11.9. The lowest BCUT2D eigenvalue weighted by Crippen LogP contribution is -2.37. The fourth-order valence-electron chi connectivity index (χ4n) is 3.72. The number of esters is 1. The van der Waals surface area contributed by atoms with Gasteiger partial charge in [-0.3, -0.25) is 4.79 Å².